The van der Waals surface area contributed by atoms with Gasteiger partial charge in [0.1, 0.15) is 0 Å². The van der Waals surface area contributed by atoms with E-state index in [0.29, 0.717) is 12.8 Å². The lowest BCUT2D eigenvalue weighted by Crippen LogP contribution is -2.51. The van der Waals surface area contributed by atoms with E-state index in [1.165, 1.54) is 0 Å². The molecular weight excluding hydrogens is 300 g/mol. The maximum atomic E-state index is 12.1. The summed E-state index contributed by atoms with van der Waals surface area (Å²) in [5.74, 6) is -0.279. The number of amides is 2. The summed E-state index contributed by atoms with van der Waals surface area (Å²) in [6.07, 6.45) is -2.19. The summed E-state index contributed by atoms with van der Waals surface area (Å²) < 4.78 is 34.0. The zero-order valence-electron chi connectivity index (χ0n) is 13.1. The topological polar surface area (TPSA) is 102 Å². The molecular formula is C12H24N2O6S. The Morgan fingerprint density at radius 2 is 1.62 bits per heavy atom. The Morgan fingerprint density at radius 1 is 1.10 bits per heavy atom. The third kappa shape index (κ3) is 7.74. The van der Waals surface area contributed by atoms with Crippen LogP contribution in [-0.2, 0) is 19.5 Å². The fraction of sp³-hybridized carbons (Fsp3) is 0.833. The molecule has 0 rings (SSSR count). The lowest BCUT2D eigenvalue weighted by atomic mass is 10.4. The highest BCUT2D eigenvalue weighted by Crippen LogP contribution is 2.07. The Bertz CT molecular complexity index is 447. The smallest absolute Gasteiger partial charge is 0.443 e. The van der Waals surface area contributed by atoms with Crippen molar-refractivity contribution in [1.82, 2.24) is 9.84 Å². The maximum absolute atomic E-state index is 12.1. The van der Waals surface area contributed by atoms with Crippen molar-refractivity contribution in [1.29, 1.82) is 0 Å². The minimum absolute atomic E-state index is 0.202. The van der Waals surface area contributed by atoms with E-state index < -0.39 is 34.4 Å². The normalized spacial score (nSPS) is 11.4. The molecule has 0 spiro atoms. The van der Waals surface area contributed by atoms with E-state index in [-0.39, 0.29) is 10.2 Å². The van der Waals surface area contributed by atoms with Crippen molar-refractivity contribution in [3.05, 3.63) is 0 Å². The van der Waals surface area contributed by atoms with Crippen molar-refractivity contribution in [2.24, 2.45) is 0 Å². The summed E-state index contributed by atoms with van der Waals surface area (Å²) >= 11 is 0. The second kappa shape index (κ2) is 8.71. The molecule has 0 aliphatic rings. The monoisotopic (exact) mass is 324 g/mol. The van der Waals surface area contributed by atoms with Gasteiger partial charge in [-0.3, -0.25) is 0 Å². The van der Waals surface area contributed by atoms with E-state index >= 15 is 0 Å². The number of carbonyl (C=O) groups is 2. The highest BCUT2D eigenvalue weighted by molar-refractivity contribution is 7.89. The van der Waals surface area contributed by atoms with Crippen LogP contribution in [0.15, 0.2) is 0 Å². The molecule has 0 aromatic heterocycles. The van der Waals surface area contributed by atoms with Crippen LogP contribution in [0.1, 0.15) is 47.5 Å². The first-order valence-corrected chi connectivity index (χ1v) is 8.42. The summed E-state index contributed by atoms with van der Waals surface area (Å²) in [5, 5.41) is 0. The molecule has 124 valence electrons. The predicted molar refractivity (Wildman–Crippen MR) is 76.9 cm³/mol. The van der Waals surface area contributed by atoms with Crippen LogP contribution < -0.4 is 5.43 Å². The minimum Gasteiger partial charge on any atom is -0.446 e. The molecule has 0 atom stereocenters. The number of hydrogen-bond donors (Lipinski definition) is 1. The summed E-state index contributed by atoms with van der Waals surface area (Å²) in [4.78, 5) is 23.4. The number of nitrogens with one attached hydrogen (secondary N) is 1. The third-order valence-electron chi connectivity index (χ3n) is 2.07. The summed E-state index contributed by atoms with van der Waals surface area (Å²) in [6, 6.07) is 0. The number of ether oxygens (including phenoxy) is 2. The molecule has 0 unspecified atom stereocenters. The highest BCUT2D eigenvalue weighted by atomic mass is 32.2. The van der Waals surface area contributed by atoms with Crippen LogP contribution in [0, 0.1) is 0 Å². The van der Waals surface area contributed by atoms with Crippen molar-refractivity contribution in [3.8, 4) is 0 Å². The van der Waals surface area contributed by atoms with Gasteiger partial charge in [0.2, 0.25) is 0 Å². The fourth-order valence-corrected chi connectivity index (χ4v) is 2.54. The molecule has 0 aliphatic carbocycles. The molecule has 1 N–H and O–H groups in total. The van der Waals surface area contributed by atoms with Gasteiger partial charge < -0.3 is 9.47 Å². The minimum atomic E-state index is -4.01. The van der Waals surface area contributed by atoms with E-state index in [1.807, 2.05) is 12.3 Å². The third-order valence-corrected chi connectivity index (χ3v) is 3.67. The molecule has 0 bridgehead atoms. The average molecular weight is 324 g/mol. The van der Waals surface area contributed by atoms with E-state index in [0.717, 1.165) is 0 Å². The maximum Gasteiger partial charge on any atom is 0.443 e. The number of sulfonamides is 1. The first-order chi connectivity index (χ1) is 9.60. The first kappa shape index (κ1) is 19.5. The highest BCUT2D eigenvalue weighted by Gasteiger charge is 2.31. The molecule has 0 saturated heterocycles. The SMILES string of the molecule is CCCCS(=O)(=O)N(NC(=O)OC(C)C)C(=O)OC(C)C. The number of nitrogens with zero attached hydrogens (tertiary/aromatic N) is 1. The van der Waals surface area contributed by atoms with Gasteiger partial charge in [0.25, 0.3) is 10.0 Å². The van der Waals surface area contributed by atoms with Crippen molar-refractivity contribution in [2.75, 3.05) is 5.75 Å². The van der Waals surface area contributed by atoms with Crippen LogP contribution in [0.3, 0.4) is 0 Å². The zero-order chi connectivity index (χ0) is 16.6. The van der Waals surface area contributed by atoms with Crippen molar-refractivity contribution >= 4 is 22.2 Å². The number of carbonyl (C=O) groups excluding carboxylic acids is 2. The second-order valence-corrected chi connectivity index (χ2v) is 6.87. The molecule has 0 heterocycles. The van der Waals surface area contributed by atoms with Gasteiger partial charge in [0.05, 0.1) is 18.0 Å². The first-order valence-electron chi connectivity index (χ1n) is 6.81. The predicted octanol–water partition coefficient (Wildman–Crippen LogP) is 2.01. The van der Waals surface area contributed by atoms with E-state index in [9.17, 15) is 18.0 Å². The zero-order valence-corrected chi connectivity index (χ0v) is 13.9. The Labute approximate surface area is 125 Å². The summed E-state index contributed by atoms with van der Waals surface area (Å²) in [7, 11) is -4.01. The van der Waals surface area contributed by atoms with E-state index in [1.54, 1.807) is 27.7 Å². The molecule has 0 fully saturated rings. The van der Waals surface area contributed by atoms with Crippen LogP contribution in [0.5, 0.6) is 0 Å². The average Bonchev–Trinajstić information content (AvgIpc) is 2.31. The molecule has 9 heteroatoms. The Kier molecular flexibility index (Phi) is 8.08. The van der Waals surface area contributed by atoms with E-state index in [2.05, 4.69) is 0 Å². The number of hydrogen-bond acceptors (Lipinski definition) is 6. The molecule has 21 heavy (non-hydrogen) atoms. The van der Waals surface area contributed by atoms with Gasteiger partial charge in [0, 0.05) is 0 Å². The fourth-order valence-electron chi connectivity index (χ4n) is 1.22. The van der Waals surface area contributed by atoms with Crippen molar-refractivity contribution in [3.63, 3.8) is 0 Å². The van der Waals surface area contributed by atoms with Gasteiger partial charge in [-0.1, -0.05) is 13.3 Å². The van der Waals surface area contributed by atoms with Gasteiger partial charge in [0.15, 0.2) is 0 Å². The second-order valence-electron chi connectivity index (χ2n) is 4.93. The molecule has 0 saturated carbocycles. The van der Waals surface area contributed by atoms with E-state index in [4.69, 9.17) is 9.47 Å². The Hall–Kier alpha value is -1.51. The molecule has 2 amide bonds. The molecule has 0 aromatic carbocycles. The molecule has 8 nitrogen and oxygen atoms in total. The van der Waals surface area contributed by atoms with Crippen molar-refractivity contribution < 1.29 is 27.5 Å². The standard InChI is InChI=1S/C12H24N2O6S/c1-6-7-8-21(17,18)14(12(16)20-10(4)5)13-11(15)19-9(2)3/h9-10H,6-8H2,1-5H3,(H,13,15). The summed E-state index contributed by atoms with van der Waals surface area (Å²) in [5.41, 5.74) is 1.91. The van der Waals surface area contributed by atoms with Crippen LogP contribution >= 0.6 is 0 Å². The van der Waals surface area contributed by atoms with Crippen LogP contribution in [0.25, 0.3) is 0 Å². The largest absolute Gasteiger partial charge is 0.446 e. The molecule has 0 aromatic rings. The quantitative estimate of drug-likeness (QED) is 0.750. The van der Waals surface area contributed by atoms with Gasteiger partial charge >= 0.3 is 12.2 Å². The number of unbranched alkanes of at least 4 members (excludes halogenated alkanes) is 1. The van der Waals surface area contributed by atoms with Crippen molar-refractivity contribution in [2.45, 2.75) is 59.7 Å². The van der Waals surface area contributed by atoms with Gasteiger partial charge in [-0.15, -0.1) is 4.41 Å². The Morgan fingerprint density at radius 3 is 2.05 bits per heavy atom. The Balaban J connectivity index is 5.09. The lowest BCUT2D eigenvalue weighted by molar-refractivity contribution is 0.0715. The van der Waals surface area contributed by atoms with Crippen LogP contribution in [0.2, 0.25) is 0 Å². The number of rotatable bonds is 6. The molecule has 0 aliphatic heterocycles. The van der Waals surface area contributed by atoms with Gasteiger partial charge in [-0.25, -0.2) is 23.4 Å². The van der Waals surface area contributed by atoms with Gasteiger partial charge in [-0.2, -0.15) is 0 Å². The lowest BCUT2D eigenvalue weighted by Gasteiger charge is -2.23. The molecule has 0 radical (unpaired) electrons. The van der Waals surface area contributed by atoms with Crippen LogP contribution in [-0.4, -0.2) is 43.0 Å². The summed E-state index contributed by atoms with van der Waals surface area (Å²) in [6.45, 7) is 8.15. The number of hydrazine groups is 1. The van der Waals surface area contributed by atoms with Crippen LogP contribution in [0.4, 0.5) is 9.59 Å². The van der Waals surface area contributed by atoms with Gasteiger partial charge in [-0.05, 0) is 34.1 Å².